The molecule has 3 aromatic rings. The number of hydrogen-bond donors (Lipinski definition) is 0. The molecule has 0 saturated carbocycles. The van der Waals surface area contributed by atoms with Crippen molar-refractivity contribution in [3.05, 3.63) is 57.6 Å². The second-order valence-corrected chi connectivity index (χ2v) is 5.33. The third kappa shape index (κ3) is 3.29. The van der Waals surface area contributed by atoms with E-state index in [0.717, 1.165) is 5.56 Å². The minimum Gasteiger partial charge on any atom is -0.452 e. The van der Waals surface area contributed by atoms with Crippen molar-refractivity contribution in [1.82, 2.24) is 10.1 Å². The predicted octanol–water partition coefficient (Wildman–Crippen LogP) is 3.81. The van der Waals surface area contributed by atoms with Crippen LogP contribution in [0.15, 0.2) is 45.6 Å². The van der Waals surface area contributed by atoms with Crippen molar-refractivity contribution in [2.45, 2.75) is 6.61 Å². The van der Waals surface area contributed by atoms with Crippen molar-refractivity contribution in [2.75, 3.05) is 0 Å². The molecule has 106 valence electrons. The maximum atomic E-state index is 11.7. The molecule has 0 aliphatic heterocycles. The molecule has 2 aromatic heterocycles. The summed E-state index contributed by atoms with van der Waals surface area (Å²) in [5.41, 5.74) is 1.25. The van der Waals surface area contributed by atoms with Crippen LogP contribution in [0.25, 0.3) is 11.4 Å². The second-order valence-electron chi connectivity index (χ2n) is 4.11. The summed E-state index contributed by atoms with van der Waals surface area (Å²) in [6.45, 7) is -0.0672. The van der Waals surface area contributed by atoms with Gasteiger partial charge in [-0.25, -0.2) is 4.79 Å². The van der Waals surface area contributed by atoms with Crippen LogP contribution in [0, 0.1) is 0 Å². The Kier molecular flexibility index (Phi) is 3.98. The Labute approximate surface area is 129 Å². The first-order valence-electron chi connectivity index (χ1n) is 6.00. The normalized spacial score (nSPS) is 10.5. The highest BCUT2D eigenvalue weighted by Gasteiger charge is 2.12. The van der Waals surface area contributed by atoms with Crippen LogP contribution in [0.5, 0.6) is 0 Å². The summed E-state index contributed by atoms with van der Waals surface area (Å²) in [6, 6.07) is 8.79. The third-order valence-corrected chi connectivity index (χ3v) is 3.55. The van der Waals surface area contributed by atoms with Crippen molar-refractivity contribution in [3.8, 4) is 11.4 Å². The van der Waals surface area contributed by atoms with Gasteiger partial charge in [-0.1, -0.05) is 28.9 Å². The van der Waals surface area contributed by atoms with Crippen LogP contribution in [0.3, 0.4) is 0 Å². The first-order valence-corrected chi connectivity index (χ1v) is 7.32. The van der Waals surface area contributed by atoms with Crippen LogP contribution in [-0.4, -0.2) is 16.1 Å². The summed E-state index contributed by atoms with van der Waals surface area (Å²) in [5.74, 6) is 0.214. The predicted molar refractivity (Wildman–Crippen MR) is 78.2 cm³/mol. The van der Waals surface area contributed by atoms with Crippen molar-refractivity contribution in [1.29, 1.82) is 0 Å². The standard InChI is InChI=1S/C14H9ClN2O3S/c15-11-3-1-2-9(6-11)13-16-12(20-17-13)7-19-14(18)10-4-5-21-8-10/h1-6,8H,7H2. The number of thiophene rings is 1. The molecule has 0 radical (unpaired) electrons. The number of benzene rings is 1. The highest BCUT2D eigenvalue weighted by molar-refractivity contribution is 7.08. The van der Waals surface area contributed by atoms with E-state index in [4.69, 9.17) is 20.9 Å². The van der Waals surface area contributed by atoms with Gasteiger partial charge in [0.15, 0.2) is 6.61 Å². The monoisotopic (exact) mass is 320 g/mol. The van der Waals surface area contributed by atoms with E-state index in [-0.39, 0.29) is 12.5 Å². The van der Waals surface area contributed by atoms with Gasteiger partial charge in [-0.2, -0.15) is 16.3 Å². The van der Waals surface area contributed by atoms with Gasteiger partial charge in [0, 0.05) is 16.0 Å². The highest BCUT2D eigenvalue weighted by Crippen LogP contribution is 2.20. The fourth-order valence-corrected chi connectivity index (χ4v) is 2.46. The molecule has 0 saturated heterocycles. The van der Waals surface area contributed by atoms with E-state index in [1.807, 2.05) is 6.07 Å². The van der Waals surface area contributed by atoms with Crippen LogP contribution < -0.4 is 0 Å². The summed E-state index contributed by atoms with van der Waals surface area (Å²) in [6.07, 6.45) is 0. The molecule has 1 aromatic carbocycles. The van der Waals surface area contributed by atoms with Gasteiger partial charge in [0.05, 0.1) is 5.56 Å². The molecule has 0 atom stereocenters. The number of halogens is 1. The molecule has 7 heteroatoms. The van der Waals surface area contributed by atoms with E-state index in [9.17, 15) is 4.79 Å². The van der Waals surface area contributed by atoms with Gasteiger partial charge in [-0.3, -0.25) is 0 Å². The molecule has 0 amide bonds. The molecule has 0 unspecified atom stereocenters. The molecule has 21 heavy (non-hydrogen) atoms. The average Bonchev–Trinajstić information content (AvgIpc) is 3.16. The van der Waals surface area contributed by atoms with Crippen molar-refractivity contribution in [3.63, 3.8) is 0 Å². The van der Waals surface area contributed by atoms with E-state index in [1.165, 1.54) is 11.3 Å². The lowest BCUT2D eigenvalue weighted by atomic mass is 10.2. The summed E-state index contributed by atoms with van der Waals surface area (Å²) >= 11 is 7.33. The van der Waals surface area contributed by atoms with Crippen molar-refractivity contribution in [2.24, 2.45) is 0 Å². The molecular weight excluding hydrogens is 312 g/mol. The molecule has 3 rings (SSSR count). The van der Waals surface area contributed by atoms with Gasteiger partial charge in [0.25, 0.3) is 5.89 Å². The largest absolute Gasteiger partial charge is 0.452 e. The Bertz CT molecular complexity index is 755. The van der Waals surface area contributed by atoms with E-state index in [1.54, 1.807) is 35.0 Å². The van der Waals surface area contributed by atoms with Gasteiger partial charge in [-0.05, 0) is 23.6 Å². The Morgan fingerprint density at radius 3 is 3.05 bits per heavy atom. The number of carbonyl (C=O) groups excluding carboxylic acids is 1. The number of aromatic nitrogens is 2. The minimum atomic E-state index is -0.418. The van der Waals surface area contributed by atoms with Gasteiger partial charge in [-0.15, -0.1) is 0 Å². The average molecular weight is 321 g/mol. The molecular formula is C14H9ClN2O3S. The third-order valence-electron chi connectivity index (χ3n) is 2.63. The number of rotatable bonds is 4. The van der Waals surface area contributed by atoms with Crippen molar-refractivity contribution < 1.29 is 14.1 Å². The van der Waals surface area contributed by atoms with E-state index in [2.05, 4.69) is 10.1 Å². The lowest BCUT2D eigenvalue weighted by Crippen LogP contribution is -2.03. The molecule has 0 aliphatic rings. The Hall–Kier alpha value is -2.18. The second kappa shape index (κ2) is 6.07. The summed E-state index contributed by atoms with van der Waals surface area (Å²) in [4.78, 5) is 15.8. The van der Waals surface area contributed by atoms with E-state index >= 15 is 0 Å². The topological polar surface area (TPSA) is 65.2 Å². The van der Waals surface area contributed by atoms with Crippen molar-refractivity contribution >= 4 is 28.9 Å². The van der Waals surface area contributed by atoms with Crippen LogP contribution in [-0.2, 0) is 11.3 Å². The minimum absolute atomic E-state index is 0.0672. The lowest BCUT2D eigenvalue weighted by molar-refractivity contribution is 0.0430. The maximum absolute atomic E-state index is 11.7. The van der Waals surface area contributed by atoms with Gasteiger partial charge < -0.3 is 9.26 Å². The fourth-order valence-electron chi connectivity index (χ4n) is 1.65. The molecule has 0 fully saturated rings. The zero-order valence-electron chi connectivity index (χ0n) is 10.7. The van der Waals surface area contributed by atoms with Gasteiger partial charge in [0.2, 0.25) is 5.82 Å². The van der Waals surface area contributed by atoms with Crippen LogP contribution in [0.4, 0.5) is 0 Å². The van der Waals surface area contributed by atoms with Crippen LogP contribution in [0.2, 0.25) is 5.02 Å². The zero-order valence-corrected chi connectivity index (χ0v) is 12.2. The highest BCUT2D eigenvalue weighted by atomic mass is 35.5. The Balaban J connectivity index is 1.67. The first-order chi connectivity index (χ1) is 10.2. The summed E-state index contributed by atoms with van der Waals surface area (Å²) in [5, 5.41) is 7.94. The molecule has 0 spiro atoms. The number of esters is 1. The molecule has 5 nitrogen and oxygen atoms in total. The quantitative estimate of drug-likeness (QED) is 0.684. The zero-order chi connectivity index (χ0) is 14.7. The first kappa shape index (κ1) is 13.8. The lowest BCUT2D eigenvalue weighted by Gasteiger charge is -1.98. The molecule has 0 N–H and O–H groups in total. The van der Waals surface area contributed by atoms with Crippen LogP contribution in [0.1, 0.15) is 16.2 Å². The summed E-state index contributed by atoms with van der Waals surface area (Å²) < 4.78 is 10.1. The molecule has 0 aliphatic carbocycles. The maximum Gasteiger partial charge on any atom is 0.339 e. The number of hydrogen-bond acceptors (Lipinski definition) is 6. The smallest absolute Gasteiger partial charge is 0.339 e. The Morgan fingerprint density at radius 1 is 1.38 bits per heavy atom. The van der Waals surface area contributed by atoms with Crippen LogP contribution >= 0.6 is 22.9 Å². The van der Waals surface area contributed by atoms with Gasteiger partial charge >= 0.3 is 5.97 Å². The number of carbonyl (C=O) groups is 1. The van der Waals surface area contributed by atoms with Gasteiger partial charge in [0.1, 0.15) is 0 Å². The SMILES string of the molecule is O=C(OCc1nc(-c2cccc(Cl)c2)no1)c1ccsc1. The fraction of sp³-hybridized carbons (Fsp3) is 0.0714. The molecule has 0 bridgehead atoms. The van der Waals surface area contributed by atoms with E-state index in [0.29, 0.717) is 16.4 Å². The summed E-state index contributed by atoms with van der Waals surface area (Å²) in [7, 11) is 0. The molecule has 2 heterocycles. The van der Waals surface area contributed by atoms with E-state index < -0.39 is 5.97 Å². The Morgan fingerprint density at radius 2 is 2.29 bits per heavy atom. The number of nitrogens with zero attached hydrogens (tertiary/aromatic N) is 2. The number of ether oxygens (including phenoxy) is 1.